The monoisotopic (exact) mass is 342 g/mol. The Hall–Kier alpha value is -2.36. The van der Waals surface area contributed by atoms with E-state index < -0.39 is 0 Å². The number of amides is 1. The van der Waals surface area contributed by atoms with Crippen LogP contribution >= 0.6 is 23.2 Å². The van der Waals surface area contributed by atoms with Crippen LogP contribution in [0.5, 0.6) is 0 Å². The molecule has 0 aliphatic carbocycles. The molecule has 1 N–H and O–H groups in total. The van der Waals surface area contributed by atoms with Crippen LogP contribution in [0.15, 0.2) is 66.9 Å². The minimum absolute atomic E-state index is 0.172. The average Bonchev–Trinajstić information content (AvgIpc) is 2.55. The Balaban J connectivity index is 1.96. The highest BCUT2D eigenvalue weighted by Crippen LogP contribution is 2.30. The summed E-state index contributed by atoms with van der Waals surface area (Å²) in [4.78, 5) is 16.3. The largest absolute Gasteiger partial charge is 0.321 e. The number of benzene rings is 2. The summed E-state index contributed by atoms with van der Waals surface area (Å²) >= 11 is 12.0. The van der Waals surface area contributed by atoms with Gasteiger partial charge in [-0.1, -0.05) is 53.5 Å². The van der Waals surface area contributed by atoms with Gasteiger partial charge in [-0.3, -0.25) is 4.79 Å². The molecular formula is C18H12Cl2N2O. The van der Waals surface area contributed by atoms with E-state index in [9.17, 15) is 4.79 Å². The van der Waals surface area contributed by atoms with E-state index in [1.807, 2.05) is 48.5 Å². The van der Waals surface area contributed by atoms with Crippen molar-refractivity contribution in [1.82, 2.24) is 4.98 Å². The molecule has 0 unspecified atom stereocenters. The van der Waals surface area contributed by atoms with Gasteiger partial charge in [-0.05, 0) is 35.9 Å². The third-order valence-electron chi connectivity index (χ3n) is 3.31. The summed E-state index contributed by atoms with van der Waals surface area (Å²) in [6.07, 6.45) is 1.54. The molecular weight excluding hydrogens is 331 g/mol. The Morgan fingerprint density at radius 3 is 2.57 bits per heavy atom. The molecule has 0 spiro atoms. The summed E-state index contributed by atoms with van der Waals surface area (Å²) in [5, 5.41) is 3.69. The molecule has 0 aliphatic heterocycles. The van der Waals surface area contributed by atoms with Crippen LogP contribution in [-0.2, 0) is 0 Å². The van der Waals surface area contributed by atoms with Gasteiger partial charge in [0.25, 0.3) is 5.91 Å². The summed E-state index contributed by atoms with van der Waals surface area (Å²) in [7, 11) is 0. The molecule has 1 heterocycles. The lowest BCUT2D eigenvalue weighted by Gasteiger charge is -2.12. The van der Waals surface area contributed by atoms with Gasteiger partial charge in [0.15, 0.2) is 0 Å². The van der Waals surface area contributed by atoms with Gasteiger partial charge in [0.2, 0.25) is 0 Å². The van der Waals surface area contributed by atoms with E-state index in [2.05, 4.69) is 10.3 Å². The van der Waals surface area contributed by atoms with Gasteiger partial charge in [0, 0.05) is 22.5 Å². The van der Waals surface area contributed by atoms with Crippen molar-refractivity contribution in [2.24, 2.45) is 0 Å². The normalized spacial score (nSPS) is 10.3. The van der Waals surface area contributed by atoms with Crippen molar-refractivity contribution in [1.29, 1.82) is 0 Å². The topological polar surface area (TPSA) is 42.0 Å². The molecule has 3 aromatic rings. The van der Waals surface area contributed by atoms with E-state index in [-0.39, 0.29) is 11.1 Å². The van der Waals surface area contributed by atoms with Crippen LogP contribution in [0.4, 0.5) is 5.69 Å². The van der Waals surface area contributed by atoms with Crippen molar-refractivity contribution in [3.63, 3.8) is 0 Å². The van der Waals surface area contributed by atoms with Gasteiger partial charge in [-0.15, -0.1) is 0 Å². The van der Waals surface area contributed by atoms with E-state index in [4.69, 9.17) is 23.2 Å². The summed E-state index contributed by atoms with van der Waals surface area (Å²) in [6, 6.07) is 18.3. The SMILES string of the molecule is O=C(Nc1ccccc1-c1cccc(Cl)c1)c1cccnc1Cl. The van der Waals surface area contributed by atoms with Crippen molar-refractivity contribution >= 4 is 34.8 Å². The number of carbonyl (C=O) groups excluding carboxylic acids is 1. The van der Waals surface area contributed by atoms with Crippen LogP contribution in [0.2, 0.25) is 10.2 Å². The molecule has 0 radical (unpaired) electrons. The van der Waals surface area contributed by atoms with Gasteiger partial charge in [0.1, 0.15) is 5.15 Å². The van der Waals surface area contributed by atoms with Crippen molar-refractivity contribution in [3.05, 3.63) is 82.6 Å². The predicted octanol–water partition coefficient (Wildman–Crippen LogP) is 5.31. The predicted molar refractivity (Wildman–Crippen MR) is 94.1 cm³/mol. The lowest BCUT2D eigenvalue weighted by atomic mass is 10.0. The molecule has 0 atom stereocenters. The van der Waals surface area contributed by atoms with Gasteiger partial charge < -0.3 is 5.32 Å². The fourth-order valence-electron chi connectivity index (χ4n) is 2.24. The maximum Gasteiger partial charge on any atom is 0.258 e. The van der Waals surface area contributed by atoms with Crippen LogP contribution in [0, 0.1) is 0 Å². The molecule has 2 aromatic carbocycles. The second kappa shape index (κ2) is 6.82. The van der Waals surface area contributed by atoms with Gasteiger partial charge in [0.05, 0.1) is 5.56 Å². The molecule has 3 nitrogen and oxygen atoms in total. The molecule has 0 fully saturated rings. The first-order chi connectivity index (χ1) is 11.1. The summed E-state index contributed by atoms with van der Waals surface area (Å²) in [5.74, 6) is -0.308. The molecule has 23 heavy (non-hydrogen) atoms. The van der Waals surface area contributed by atoms with Gasteiger partial charge in [-0.2, -0.15) is 0 Å². The maximum absolute atomic E-state index is 12.4. The number of hydrogen-bond donors (Lipinski definition) is 1. The van der Waals surface area contributed by atoms with E-state index in [1.54, 1.807) is 18.3 Å². The van der Waals surface area contributed by atoms with E-state index in [0.29, 0.717) is 16.3 Å². The number of nitrogens with one attached hydrogen (secondary N) is 1. The van der Waals surface area contributed by atoms with E-state index in [0.717, 1.165) is 11.1 Å². The molecule has 3 rings (SSSR count). The van der Waals surface area contributed by atoms with Crippen LogP contribution < -0.4 is 5.32 Å². The van der Waals surface area contributed by atoms with Crippen molar-refractivity contribution in [3.8, 4) is 11.1 Å². The lowest BCUT2D eigenvalue weighted by molar-refractivity contribution is 0.102. The number of pyridine rings is 1. The standard InChI is InChI=1S/C18H12Cl2N2O/c19-13-6-3-5-12(11-13)14-7-1-2-9-16(14)22-18(23)15-8-4-10-21-17(15)20/h1-11H,(H,22,23). The highest BCUT2D eigenvalue weighted by Gasteiger charge is 2.13. The van der Waals surface area contributed by atoms with Gasteiger partial charge >= 0.3 is 0 Å². The summed E-state index contributed by atoms with van der Waals surface area (Å²) < 4.78 is 0. The molecule has 5 heteroatoms. The second-order valence-electron chi connectivity index (χ2n) is 4.85. The maximum atomic E-state index is 12.4. The number of halogens is 2. The first-order valence-corrected chi connectivity index (χ1v) is 7.67. The minimum atomic E-state index is -0.308. The number of aromatic nitrogens is 1. The first-order valence-electron chi connectivity index (χ1n) is 6.92. The first kappa shape index (κ1) is 15.5. The third-order valence-corrected chi connectivity index (χ3v) is 3.85. The Morgan fingerprint density at radius 2 is 1.78 bits per heavy atom. The molecule has 114 valence electrons. The molecule has 1 aromatic heterocycles. The average molecular weight is 343 g/mol. The zero-order valence-electron chi connectivity index (χ0n) is 12.0. The highest BCUT2D eigenvalue weighted by molar-refractivity contribution is 6.33. The van der Waals surface area contributed by atoms with E-state index in [1.165, 1.54) is 0 Å². The lowest BCUT2D eigenvalue weighted by Crippen LogP contribution is -2.13. The van der Waals surface area contributed by atoms with Crippen LogP contribution in [0.1, 0.15) is 10.4 Å². The quantitative estimate of drug-likeness (QED) is 0.655. The molecule has 0 aliphatic rings. The number of nitrogens with zero attached hydrogens (tertiary/aromatic N) is 1. The fraction of sp³-hybridized carbons (Fsp3) is 0. The van der Waals surface area contributed by atoms with Crippen molar-refractivity contribution in [2.45, 2.75) is 0 Å². The van der Waals surface area contributed by atoms with Crippen LogP contribution in [0.25, 0.3) is 11.1 Å². The Bertz CT molecular complexity index is 865. The van der Waals surface area contributed by atoms with Crippen molar-refractivity contribution < 1.29 is 4.79 Å². The van der Waals surface area contributed by atoms with Gasteiger partial charge in [-0.25, -0.2) is 4.98 Å². The van der Waals surface area contributed by atoms with Crippen LogP contribution in [0.3, 0.4) is 0 Å². The molecule has 0 saturated carbocycles. The summed E-state index contributed by atoms with van der Waals surface area (Å²) in [6.45, 7) is 0. The van der Waals surface area contributed by atoms with E-state index >= 15 is 0 Å². The number of anilines is 1. The third kappa shape index (κ3) is 3.52. The minimum Gasteiger partial charge on any atom is -0.321 e. The molecule has 0 saturated heterocycles. The fourth-order valence-corrected chi connectivity index (χ4v) is 2.64. The molecule has 1 amide bonds. The second-order valence-corrected chi connectivity index (χ2v) is 5.65. The summed E-state index contributed by atoms with van der Waals surface area (Å²) in [5.41, 5.74) is 2.81. The Labute approximate surface area is 143 Å². The zero-order valence-corrected chi connectivity index (χ0v) is 13.5. The Kier molecular flexibility index (Phi) is 4.60. The Morgan fingerprint density at radius 1 is 0.957 bits per heavy atom. The number of rotatable bonds is 3. The molecule has 0 bridgehead atoms. The number of hydrogen-bond acceptors (Lipinski definition) is 2. The number of para-hydroxylation sites is 1. The van der Waals surface area contributed by atoms with Crippen LogP contribution in [-0.4, -0.2) is 10.9 Å². The highest BCUT2D eigenvalue weighted by atomic mass is 35.5. The zero-order chi connectivity index (χ0) is 16.2. The smallest absolute Gasteiger partial charge is 0.258 e. The van der Waals surface area contributed by atoms with Crippen molar-refractivity contribution in [2.75, 3.05) is 5.32 Å². The number of carbonyl (C=O) groups is 1.